The fourth-order valence-electron chi connectivity index (χ4n) is 3.19. The Balaban J connectivity index is 3.67. The molecule has 2 N–H and O–H groups in total. The van der Waals surface area contributed by atoms with Gasteiger partial charge in [0.1, 0.15) is 0 Å². The number of halogens is 6. The lowest BCUT2D eigenvalue weighted by Crippen LogP contribution is -2.55. The van der Waals surface area contributed by atoms with Gasteiger partial charge in [-0.1, -0.05) is 25.7 Å². The molecule has 0 bridgehead atoms. The smallest absolute Gasteiger partial charge is 0.348 e. The molecular formula is C14H20F6N2O5S2. The number of hydrogen-bond acceptors (Lipinski definition) is 6. The van der Waals surface area contributed by atoms with Gasteiger partial charge in [0, 0.05) is 12.0 Å². The van der Waals surface area contributed by atoms with Crippen LogP contribution in [0.4, 0.5) is 26.3 Å². The number of hydrogen-bond donors (Lipinski definition) is 2. The Hall–Kier alpha value is -1.38. The number of amides is 1. The Morgan fingerprint density at radius 3 is 1.69 bits per heavy atom. The lowest BCUT2D eigenvalue weighted by Gasteiger charge is -2.35. The van der Waals surface area contributed by atoms with Gasteiger partial charge in [-0.3, -0.25) is 10.2 Å². The number of carbonyl (C=O) groups is 1. The molecular weight excluding hydrogens is 454 g/mol. The summed E-state index contributed by atoms with van der Waals surface area (Å²) in [6.45, 7) is 1.00. The molecule has 0 aliphatic heterocycles. The maximum Gasteiger partial charge on any atom is 0.498 e. The molecule has 170 valence electrons. The molecule has 0 spiro atoms. The quantitative estimate of drug-likeness (QED) is 0.469. The van der Waals surface area contributed by atoms with Crippen LogP contribution >= 0.6 is 0 Å². The third-order valence-electron chi connectivity index (χ3n) is 4.58. The number of carbonyl (C=O) groups excluding carboxylic acids is 1. The van der Waals surface area contributed by atoms with Crippen molar-refractivity contribution in [3.8, 4) is 0 Å². The van der Waals surface area contributed by atoms with Crippen molar-refractivity contribution in [2.75, 3.05) is 0 Å². The maximum atomic E-state index is 13.1. The molecule has 0 aromatic carbocycles. The summed E-state index contributed by atoms with van der Waals surface area (Å²) in [6.07, 6.45) is 0.191. The van der Waals surface area contributed by atoms with E-state index in [1.54, 1.807) is 0 Å². The highest BCUT2D eigenvalue weighted by Crippen LogP contribution is 2.43. The summed E-state index contributed by atoms with van der Waals surface area (Å²) in [7, 11) is -13.6. The van der Waals surface area contributed by atoms with E-state index in [-0.39, 0.29) is 19.3 Å². The topological polar surface area (TPSA) is 121 Å². The second-order valence-corrected chi connectivity index (χ2v) is 11.1. The molecule has 0 aromatic rings. The van der Waals surface area contributed by atoms with E-state index in [1.807, 2.05) is 5.32 Å². The fourth-order valence-corrected chi connectivity index (χ4v) is 7.27. The average molecular weight is 474 g/mol. The van der Waals surface area contributed by atoms with Crippen LogP contribution in [0.3, 0.4) is 0 Å². The number of rotatable bonds is 5. The third kappa shape index (κ3) is 5.61. The van der Waals surface area contributed by atoms with Gasteiger partial charge in [-0.15, -0.1) is 0 Å². The van der Waals surface area contributed by atoms with Crippen molar-refractivity contribution in [1.82, 2.24) is 5.32 Å². The van der Waals surface area contributed by atoms with Crippen LogP contribution in [-0.4, -0.2) is 50.1 Å². The summed E-state index contributed by atoms with van der Waals surface area (Å²) in [5.41, 5.74) is -13.1. The molecule has 0 aromatic heterocycles. The summed E-state index contributed by atoms with van der Waals surface area (Å²) < 4.78 is 123. The van der Waals surface area contributed by atoms with Crippen LogP contribution in [0.15, 0.2) is 0 Å². The Bertz CT molecular complexity index is 792. The summed E-state index contributed by atoms with van der Waals surface area (Å²) in [5.74, 6) is -3.34. The minimum absolute atomic E-state index is 0.0299. The molecule has 1 amide bonds. The van der Waals surface area contributed by atoms with E-state index in [2.05, 4.69) is 0 Å². The van der Waals surface area contributed by atoms with Crippen molar-refractivity contribution in [2.24, 2.45) is 5.92 Å². The van der Waals surface area contributed by atoms with Crippen molar-refractivity contribution < 1.29 is 48.0 Å². The standard InChI is InChI=1S/C14H20F6N2O5S2/c1-8(21)11(23)22-10-7-5-3-2-4-6-9(10)12(28(24,25)13(15,16)17)29(26,27)14(18,19)20/h9-10,12,21H,2-7H2,1H3,(H,22,23). The first-order valence-electron chi connectivity index (χ1n) is 8.41. The third-order valence-corrected chi connectivity index (χ3v) is 9.32. The van der Waals surface area contributed by atoms with E-state index in [0.717, 1.165) is 6.92 Å². The van der Waals surface area contributed by atoms with Gasteiger partial charge in [0.2, 0.25) is 0 Å². The summed E-state index contributed by atoms with van der Waals surface area (Å²) in [5, 5.41) is 9.26. The zero-order valence-electron chi connectivity index (χ0n) is 15.1. The van der Waals surface area contributed by atoms with Crippen molar-refractivity contribution in [2.45, 2.75) is 67.1 Å². The van der Waals surface area contributed by atoms with E-state index in [4.69, 9.17) is 5.41 Å². The maximum absolute atomic E-state index is 13.1. The minimum atomic E-state index is -6.81. The Morgan fingerprint density at radius 2 is 1.31 bits per heavy atom. The van der Waals surface area contributed by atoms with E-state index in [9.17, 15) is 48.0 Å². The van der Waals surface area contributed by atoms with Gasteiger partial charge in [0.25, 0.3) is 25.6 Å². The molecule has 1 saturated carbocycles. The Labute approximate surface area is 163 Å². The highest BCUT2D eigenvalue weighted by Gasteiger charge is 2.65. The van der Waals surface area contributed by atoms with Crippen molar-refractivity contribution in [3.05, 3.63) is 0 Å². The number of nitrogens with one attached hydrogen (secondary N) is 2. The van der Waals surface area contributed by atoms with Gasteiger partial charge in [-0.25, -0.2) is 16.8 Å². The monoisotopic (exact) mass is 474 g/mol. The molecule has 1 fully saturated rings. The van der Waals surface area contributed by atoms with Gasteiger partial charge in [0.15, 0.2) is 4.58 Å². The van der Waals surface area contributed by atoms with Gasteiger partial charge in [-0.2, -0.15) is 26.3 Å². The largest absolute Gasteiger partial charge is 0.498 e. The molecule has 0 heterocycles. The molecule has 0 saturated heterocycles. The molecule has 7 nitrogen and oxygen atoms in total. The van der Waals surface area contributed by atoms with Crippen molar-refractivity contribution in [1.29, 1.82) is 5.41 Å². The van der Waals surface area contributed by atoms with Crippen molar-refractivity contribution in [3.63, 3.8) is 0 Å². The van der Waals surface area contributed by atoms with Crippen molar-refractivity contribution >= 4 is 31.3 Å². The minimum Gasteiger partial charge on any atom is -0.348 e. The second kappa shape index (κ2) is 8.78. The average Bonchev–Trinajstić information content (AvgIpc) is 2.50. The first-order chi connectivity index (χ1) is 12.9. The zero-order chi connectivity index (χ0) is 22.8. The van der Waals surface area contributed by atoms with Gasteiger partial charge < -0.3 is 5.32 Å². The molecule has 29 heavy (non-hydrogen) atoms. The number of alkyl halides is 6. The molecule has 15 heteroatoms. The molecule has 1 aliphatic rings. The zero-order valence-corrected chi connectivity index (χ0v) is 16.7. The van der Waals surface area contributed by atoms with E-state index in [1.165, 1.54) is 0 Å². The molecule has 2 atom stereocenters. The van der Waals surface area contributed by atoms with E-state index >= 15 is 0 Å². The first-order valence-corrected chi connectivity index (χ1v) is 11.5. The molecule has 2 unspecified atom stereocenters. The van der Waals surface area contributed by atoms with Crippen LogP contribution in [0, 0.1) is 11.3 Å². The Morgan fingerprint density at radius 1 is 0.897 bits per heavy atom. The molecule has 1 aliphatic carbocycles. The summed E-state index contributed by atoms with van der Waals surface area (Å²) in [6, 6.07) is -1.61. The highest BCUT2D eigenvalue weighted by molar-refractivity contribution is 8.09. The van der Waals surface area contributed by atoms with Crippen LogP contribution in [-0.2, 0) is 24.5 Å². The Kier molecular flexibility index (Phi) is 7.76. The normalized spacial score (nSPS) is 22.6. The lowest BCUT2D eigenvalue weighted by molar-refractivity contribution is -0.116. The highest BCUT2D eigenvalue weighted by atomic mass is 32.3. The van der Waals surface area contributed by atoms with Gasteiger partial charge in [0.05, 0.1) is 5.71 Å². The fraction of sp³-hybridized carbons (Fsp3) is 0.857. The molecule has 0 radical (unpaired) electrons. The van der Waals surface area contributed by atoms with Crippen LogP contribution in [0.5, 0.6) is 0 Å². The lowest BCUT2D eigenvalue weighted by atomic mass is 9.87. The van der Waals surface area contributed by atoms with Crippen LogP contribution in [0.1, 0.15) is 45.4 Å². The second-order valence-electron chi connectivity index (χ2n) is 6.71. The first kappa shape index (κ1) is 25.7. The van der Waals surface area contributed by atoms with Gasteiger partial charge >= 0.3 is 11.0 Å². The van der Waals surface area contributed by atoms with Crippen LogP contribution in [0.2, 0.25) is 0 Å². The van der Waals surface area contributed by atoms with Crippen LogP contribution < -0.4 is 5.32 Å². The van der Waals surface area contributed by atoms with E-state index < -0.39 is 65.3 Å². The van der Waals surface area contributed by atoms with Gasteiger partial charge in [-0.05, 0) is 19.8 Å². The van der Waals surface area contributed by atoms with E-state index in [0.29, 0.717) is 12.8 Å². The summed E-state index contributed by atoms with van der Waals surface area (Å²) >= 11 is 0. The van der Waals surface area contributed by atoms with Crippen LogP contribution in [0.25, 0.3) is 0 Å². The predicted octanol–water partition coefficient (Wildman–Crippen LogP) is 2.68. The predicted molar refractivity (Wildman–Crippen MR) is 90.3 cm³/mol. The SMILES string of the molecule is CC(=N)C(=O)NC1CCCCCCC1C(S(=O)(=O)C(F)(F)F)S(=O)(=O)C(F)(F)F. The summed E-state index contributed by atoms with van der Waals surface area (Å²) in [4.78, 5) is 11.8. The molecule has 1 rings (SSSR count). The number of sulfone groups is 2.